The predicted octanol–water partition coefficient (Wildman–Crippen LogP) is 2.20. The standard InChI is InChI=1S/C18H27N3O2/c1-13(2)21-9-5-7-18(17(21)23)8-11-20(12-18)16(22)15-6-10-19(4)14(15)3/h6,10,13H,5,7-9,11-12H2,1-4H3/t18-/m0/s1. The Bertz CT molecular complexity index is 634. The van der Waals surface area contributed by atoms with Gasteiger partial charge in [-0.1, -0.05) is 0 Å². The van der Waals surface area contributed by atoms with E-state index < -0.39 is 0 Å². The van der Waals surface area contributed by atoms with Gasteiger partial charge in [0.2, 0.25) is 5.91 Å². The molecule has 0 N–H and O–H groups in total. The number of hydrogen-bond acceptors (Lipinski definition) is 2. The molecule has 2 aliphatic heterocycles. The van der Waals surface area contributed by atoms with E-state index in [1.165, 1.54) is 0 Å². The Morgan fingerprint density at radius 3 is 2.61 bits per heavy atom. The number of aromatic nitrogens is 1. The molecule has 3 heterocycles. The van der Waals surface area contributed by atoms with E-state index in [9.17, 15) is 9.59 Å². The van der Waals surface area contributed by atoms with Crippen molar-refractivity contribution in [1.29, 1.82) is 0 Å². The van der Waals surface area contributed by atoms with E-state index in [0.29, 0.717) is 13.1 Å². The molecule has 0 bridgehead atoms. The van der Waals surface area contributed by atoms with Gasteiger partial charge in [-0.3, -0.25) is 9.59 Å². The quantitative estimate of drug-likeness (QED) is 0.839. The Morgan fingerprint density at radius 2 is 2.00 bits per heavy atom. The first-order valence-corrected chi connectivity index (χ1v) is 8.58. The minimum Gasteiger partial charge on any atom is -0.354 e. The minimum absolute atomic E-state index is 0.0643. The van der Waals surface area contributed by atoms with Crippen molar-refractivity contribution in [1.82, 2.24) is 14.4 Å². The molecule has 2 saturated heterocycles. The molecule has 1 spiro atoms. The fraction of sp³-hybridized carbons (Fsp3) is 0.667. The van der Waals surface area contributed by atoms with Gasteiger partial charge in [0.1, 0.15) is 0 Å². The molecular weight excluding hydrogens is 290 g/mol. The van der Waals surface area contributed by atoms with Crippen LogP contribution < -0.4 is 0 Å². The van der Waals surface area contributed by atoms with Crippen molar-refractivity contribution in [2.75, 3.05) is 19.6 Å². The molecule has 2 aliphatic rings. The summed E-state index contributed by atoms with van der Waals surface area (Å²) >= 11 is 0. The van der Waals surface area contributed by atoms with E-state index in [1.807, 2.05) is 40.6 Å². The van der Waals surface area contributed by atoms with E-state index in [2.05, 4.69) is 13.8 Å². The summed E-state index contributed by atoms with van der Waals surface area (Å²) in [7, 11) is 1.95. The lowest BCUT2D eigenvalue weighted by atomic mass is 9.78. The lowest BCUT2D eigenvalue weighted by Gasteiger charge is -2.41. The van der Waals surface area contributed by atoms with Gasteiger partial charge in [0.25, 0.3) is 5.91 Å². The predicted molar refractivity (Wildman–Crippen MR) is 89.2 cm³/mol. The molecule has 0 saturated carbocycles. The monoisotopic (exact) mass is 317 g/mol. The Balaban J connectivity index is 1.79. The van der Waals surface area contributed by atoms with E-state index in [1.54, 1.807) is 0 Å². The molecule has 3 rings (SSSR count). The van der Waals surface area contributed by atoms with Crippen LogP contribution in [-0.2, 0) is 11.8 Å². The maximum absolute atomic E-state index is 13.0. The van der Waals surface area contributed by atoms with Crippen LogP contribution in [0.2, 0.25) is 0 Å². The molecule has 126 valence electrons. The summed E-state index contributed by atoms with van der Waals surface area (Å²) in [5, 5.41) is 0. The first-order valence-electron chi connectivity index (χ1n) is 8.58. The van der Waals surface area contributed by atoms with Crippen molar-refractivity contribution in [2.24, 2.45) is 12.5 Å². The van der Waals surface area contributed by atoms with Gasteiger partial charge in [-0.05, 0) is 46.1 Å². The van der Waals surface area contributed by atoms with Crippen LogP contribution in [0.3, 0.4) is 0 Å². The number of nitrogens with zero attached hydrogens (tertiary/aromatic N) is 3. The van der Waals surface area contributed by atoms with Gasteiger partial charge in [0.15, 0.2) is 0 Å². The smallest absolute Gasteiger partial charge is 0.255 e. The zero-order valence-corrected chi connectivity index (χ0v) is 14.6. The Morgan fingerprint density at radius 1 is 1.26 bits per heavy atom. The molecule has 1 atom stereocenters. The highest BCUT2D eigenvalue weighted by Gasteiger charge is 2.49. The van der Waals surface area contributed by atoms with Gasteiger partial charge in [0.05, 0.1) is 11.0 Å². The third-order valence-electron chi connectivity index (χ3n) is 5.65. The highest BCUT2D eigenvalue weighted by molar-refractivity contribution is 5.96. The van der Waals surface area contributed by atoms with Gasteiger partial charge in [-0.15, -0.1) is 0 Å². The van der Waals surface area contributed by atoms with Gasteiger partial charge in [0, 0.05) is 44.6 Å². The topological polar surface area (TPSA) is 45.6 Å². The number of rotatable bonds is 2. The summed E-state index contributed by atoms with van der Waals surface area (Å²) in [6.45, 7) is 8.21. The van der Waals surface area contributed by atoms with E-state index in [0.717, 1.165) is 37.1 Å². The van der Waals surface area contributed by atoms with Crippen LogP contribution >= 0.6 is 0 Å². The second kappa shape index (κ2) is 5.69. The highest BCUT2D eigenvalue weighted by atomic mass is 16.2. The number of aryl methyl sites for hydroxylation is 1. The zero-order chi connectivity index (χ0) is 16.8. The van der Waals surface area contributed by atoms with Crippen LogP contribution in [0.5, 0.6) is 0 Å². The SMILES string of the molecule is Cc1c(C(=O)N2CC[C@@]3(CCCN(C(C)C)C3=O)C2)ccn1C. The first kappa shape index (κ1) is 16.1. The number of hydrogen-bond donors (Lipinski definition) is 0. The molecule has 0 aromatic carbocycles. The second-order valence-electron chi connectivity index (χ2n) is 7.38. The first-order chi connectivity index (χ1) is 10.9. The van der Waals surface area contributed by atoms with Crippen molar-refractivity contribution < 1.29 is 9.59 Å². The van der Waals surface area contributed by atoms with Gasteiger partial charge in [-0.25, -0.2) is 0 Å². The summed E-state index contributed by atoms with van der Waals surface area (Å²) < 4.78 is 1.96. The summed E-state index contributed by atoms with van der Waals surface area (Å²) in [4.78, 5) is 29.6. The molecule has 1 aromatic heterocycles. The molecular formula is C18H27N3O2. The molecule has 0 unspecified atom stereocenters. The maximum atomic E-state index is 13.0. The van der Waals surface area contributed by atoms with Gasteiger partial charge < -0.3 is 14.4 Å². The largest absolute Gasteiger partial charge is 0.354 e. The molecule has 1 aromatic rings. The van der Waals surface area contributed by atoms with E-state index in [-0.39, 0.29) is 23.3 Å². The third-order valence-corrected chi connectivity index (χ3v) is 5.65. The summed E-state index contributed by atoms with van der Waals surface area (Å²) in [6, 6.07) is 2.12. The van der Waals surface area contributed by atoms with E-state index >= 15 is 0 Å². The fourth-order valence-corrected chi connectivity index (χ4v) is 4.02. The molecule has 2 amide bonds. The second-order valence-corrected chi connectivity index (χ2v) is 7.38. The van der Waals surface area contributed by atoms with Crippen LogP contribution in [0.1, 0.15) is 49.2 Å². The molecule has 5 nitrogen and oxygen atoms in total. The summed E-state index contributed by atoms with van der Waals surface area (Å²) in [5.74, 6) is 0.313. The van der Waals surface area contributed by atoms with Crippen molar-refractivity contribution in [3.63, 3.8) is 0 Å². The number of carbonyl (C=O) groups excluding carboxylic acids is 2. The minimum atomic E-state index is -0.346. The Labute approximate surface area is 138 Å². The van der Waals surface area contributed by atoms with E-state index in [4.69, 9.17) is 0 Å². The van der Waals surface area contributed by atoms with Crippen LogP contribution in [0.15, 0.2) is 12.3 Å². The summed E-state index contributed by atoms with van der Waals surface area (Å²) in [5.41, 5.74) is 1.39. The maximum Gasteiger partial charge on any atom is 0.255 e. The van der Waals surface area contributed by atoms with Gasteiger partial charge >= 0.3 is 0 Å². The normalized spacial score (nSPS) is 25.0. The molecule has 5 heteroatoms. The highest BCUT2D eigenvalue weighted by Crippen LogP contribution is 2.41. The number of carbonyl (C=O) groups is 2. The third kappa shape index (κ3) is 2.56. The van der Waals surface area contributed by atoms with Gasteiger partial charge in [-0.2, -0.15) is 0 Å². The average Bonchev–Trinajstić information content (AvgIpc) is 3.08. The molecule has 0 aliphatic carbocycles. The molecule has 0 radical (unpaired) electrons. The lowest BCUT2D eigenvalue weighted by Crippen LogP contribution is -2.52. The molecule has 23 heavy (non-hydrogen) atoms. The van der Waals surface area contributed by atoms with Crippen LogP contribution in [0.4, 0.5) is 0 Å². The van der Waals surface area contributed by atoms with Crippen LogP contribution in [0, 0.1) is 12.3 Å². The fourth-order valence-electron chi connectivity index (χ4n) is 4.02. The molecule has 2 fully saturated rings. The van der Waals surface area contributed by atoms with Crippen LogP contribution in [0.25, 0.3) is 0 Å². The zero-order valence-electron chi connectivity index (χ0n) is 14.6. The number of piperidine rings is 1. The Hall–Kier alpha value is -1.78. The summed E-state index contributed by atoms with van der Waals surface area (Å²) in [6.07, 6.45) is 4.66. The van der Waals surface area contributed by atoms with Crippen molar-refractivity contribution in [2.45, 2.75) is 46.1 Å². The average molecular weight is 317 g/mol. The lowest BCUT2D eigenvalue weighted by molar-refractivity contribution is -0.147. The van der Waals surface area contributed by atoms with Crippen LogP contribution in [-0.4, -0.2) is 51.9 Å². The number of likely N-dealkylation sites (tertiary alicyclic amines) is 2. The van der Waals surface area contributed by atoms with Crippen molar-refractivity contribution in [3.05, 3.63) is 23.5 Å². The number of amides is 2. The Kier molecular flexibility index (Phi) is 3.98. The van der Waals surface area contributed by atoms with Crippen molar-refractivity contribution >= 4 is 11.8 Å². The van der Waals surface area contributed by atoms with Crippen molar-refractivity contribution in [3.8, 4) is 0 Å².